The summed E-state index contributed by atoms with van der Waals surface area (Å²) in [7, 11) is 0. The van der Waals surface area contributed by atoms with Gasteiger partial charge in [-0.1, -0.05) is 30.0 Å². The van der Waals surface area contributed by atoms with E-state index in [-0.39, 0.29) is 17.3 Å². The van der Waals surface area contributed by atoms with E-state index in [9.17, 15) is 4.79 Å². The SMILES string of the molecule is O=C1OCC[C@]12CN1CCC[C@@H]1[C@H]2C#Cc1ccccc1. The minimum Gasteiger partial charge on any atom is -0.465 e. The zero-order valence-corrected chi connectivity index (χ0v) is 12.0. The Hall–Kier alpha value is -1.79. The molecular weight excluding hydrogens is 262 g/mol. The standard InChI is InChI=1S/C18H19NO2/c20-17-18(10-12-21-17)13-19-11-4-7-16(19)15(18)9-8-14-5-2-1-3-6-14/h1-3,5-6,15-16H,4,7,10-13H2/t15-,16-,18-/m1/s1. The number of carbonyl (C=O) groups is 1. The second kappa shape index (κ2) is 4.89. The lowest BCUT2D eigenvalue weighted by Gasteiger charge is -2.24. The summed E-state index contributed by atoms with van der Waals surface area (Å²) in [6.45, 7) is 2.50. The smallest absolute Gasteiger partial charge is 0.314 e. The largest absolute Gasteiger partial charge is 0.465 e. The van der Waals surface area contributed by atoms with Gasteiger partial charge in [0.1, 0.15) is 0 Å². The van der Waals surface area contributed by atoms with Crippen molar-refractivity contribution >= 4 is 5.97 Å². The van der Waals surface area contributed by atoms with Gasteiger partial charge in [0.2, 0.25) is 0 Å². The molecule has 1 aromatic carbocycles. The van der Waals surface area contributed by atoms with E-state index >= 15 is 0 Å². The third kappa shape index (κ3) is 1.98. The summed E-state index contributed by atoms with van der Waals surface area (Å²) in [4.78, 5) is 14.8. The molecule has 3 heterocycles. The first kappa shape index (κ1) is 12.9. The van der Waals surface area contributed by atoms with Crippen molar-refractivity contribution in [3.05, 3.63) is 35.9 Å². The molecule has 0 bridgehead atoms. The number of cyclic esters (lactones) is 1. The molecule has 3 aliphatic rings. The summed E-state index contributed by atoms with van der Waals surface area (Å²) >= 11 is 0. The minimum absolute atomic E-state index is 0.0238. The topological polar surface area (TPSA) is 29.5 Å². The average Bonchev–Trinajstić information content (AvgIpc) is 3.16. The molecule has 4 rings (SSSR count). The summed E-state index contributed by atoms with van der Waals surface area (Å²) in [6, 6.07) is 10.5. The number of benzene rings is 1. The number of rotatable bonds is 0. The molecule has 3 atom stereocenters. The summed E-state index contributed by atoms with van der Waals surface area (Å²) in [6.07, 6.45) is 3.20. The zero-order chi connectivity index (χ0) is 14.3. The molecule has 0 amide bonds. The maximum atomic E-state index is 12.3. The molecule has 0 unspecified atom stereocenters. The van der Waals surface area contributed by atoms with Gasteiger partial charge in [0.05, 0.1) is 17.9 Å². The van der Waals surface area contributed by atoms with E-state index in [1.54, 1.807) is 0 Å². The minimum atomic E-state index is -0.368. The van der Waals surface area contributed by atoms with Crippen molar-refractivity contribution in [2.45, 2.75) is 25.3 Å². The number of carbonyl (C=O) groups excluding carboxylic acids is 1. The normalized spacial score (nSPS) is 34.6. The van der Waals surface area contributed by atoms with Crippen LogP contribution < -0.4 is 0 Å². The molecule has 0 N–H and O–H groups in total. The number of hydrogen-bond donors (Lipinski definition) is 0. The van der Waals surface area contributed by atoms with Crippen LogP contribution in [0.3, 0.4) is 0 Å². The van der Waals surface area contributed by atoms with E-state index < -0.39 is 0 Å². The monoisotopic (exact) mass is 281 g/mol. The number of hydrogen-bond acceptors (Lipinski definition) is 3. The van der Waals surface area contributed by atoms with Crippen LogP contribution >= 0.6 is 0 Å². The van der Waals surface area contributed by atoms with Crippen LogP contribution in [0.1, 0.15) is 24.8 Å². The Morgan fingerprint density at radius 3 is 2.90 bits per heavy atom. The van der Waals surface area contributed by atoms with Crippen molar-refractivity contribution in [3.8, 4) is 11.8 Å². The molecule has 0 radical (unpaired) electrons. The van der Waals surface area contributed by atoms with Crippen molar-refractivity contribution in [2.24, 2.45) is 11.3 Å². The third-order valence-corrected chi connectivity index (χ3v) is 5.21. The molecule has 3 fully saturated rings. The van der Waals surface area contributed by atoms with E-state index in [0.29, 0.717) is 12.6 Å². The lowest BCUT2D eigenvalue weighted by Crippen LogP contribution is -2.36. The van der Waals surface area contributed by atoms with Crippen molar-refractivity contribution in [3.63, 3.8) is 0 Å². The van der Waals surface area contributed by atoms with Crippen molar-refractivity contribution in [1.29, 1.82) is 0 Å². The van der Waals surface area contributed by atoms with Gasteiger partial charge in [-0.25, -0.2) is 0 Å². The molecular formula is C18H19NO2. The first-order valence-corrected chi connectivity index (χ1v) is 7.77. The molecule has 0 saturated carbocycles. The summed E-state index contributed by atoms with van der Waals surface area (Å²) < 4.78 is 5.30. The van der Waals surface area contributed by atoms with Crippen molar-refractivity contribution in [2.75, 3.05) is 19.7 Å². The van der Waals surface area contributed by atoms with Crippen LogP contribution in [-0.4, -0.2) is 36.6 Å². The molecule has 3 saturated heterocycles. The molecule has 1 spiro atoms. The van der Waals surface area contributed by atoms with Gasteiger partial charge in [-0.05, 0) is 31.5 Å². The number of fused-ring (bicyclic) bond motifs is 1. The fourth-order valence-corrected chi connectivity index (χ4v) is 4.17. The fourth-order valence-electron chi connectivity index (χ4n) is 4.17. The molecule has 3 heteroatoms. The fraction of sp³-hybridized carbons (Fsp3) is 0.500. The summed E-state index contributed by atoms with van der Waals surface area (Å²) in [5.74, 6) is 6.82. The van der Waals surface area contributed by atoms with E-state index in [1.165, 1.54) is 6.42 Å². The first-order valence-electron chi connectivity index (χ1n) is 7.77. The first-order chi connectivity index (χ1) is 10.3. The summed E-state index contributed by atoms with van der Waals surface area (Å²) in [5.41, 5.74) is 0.655. The van der Waals surface area contributed by atoms with Gasteiger partial charge in [-0.15, -0.1) is 0 Å². The lowest BCUT2D eigenvalue weighted by atomic mass is 9.74. The van der Waals surface area contributed by atoms with Gasteiger partial charge in [0.25, 0.3) is 0 Å². The molecule has 1 aromatic rings. The van der Waals surface area contributed by atoms with E-state index in [4.69, 9.17) is 4.74 Å². The second-order valence-electron chi connectivity index (χ2n) is 6.34. The van der Waals surface area contributed by atoms with Crippen LogP contribution in [0.4, 0.5) is 0 Å². The highest BCUT2D eigenvalue weighted by atomic mass is 16.5. The highest BCUT2D eigenvalue weighted by Gasteiger charge is 2.60. The molecule has 21 heavy (non-hydrogen) atoms. The summed E-state index contributed by atoms with van der Waals surface area (Å²) in [5, 5.41) is 0. The number of ether oxygens (including phenoxy) is 1. The average molecular weight is 281 g/mol. The highest BCUT2D eigenvalue weighted by molar-refractivity contribution is 5.80. The molecule has 0 aromatic heterocycles. The second-order valence-corrected chi connectivity index (χ2v) is 6.34. The zero-order valence-electron chi connectivity index (χ0n) is 12.0. The van der Waals surface area contributed by atoms with Gasteiger partial charge in [0, 0.05) is 24.6 Å². The van der Waals surface area contributed by atoms with Gasteiger partial charge < -0.3 is 4.74 Å². The molecule has 0 aliphatic carbocycles. The van der Waals surface area contributed by atoms with Crippen LogP contribution in [0.15, 0.2) is 30.3 Å². The van der Waals surface area contributed by atoms with Crippen LogP contribution in [-0.2, 0) is 9.53 Å². The molecule has 3 aliphatic heterocycles. The van der Waals surface area contributed by atoms with Crippen molar-refractivity contribution in [1.82, 2.24) is 4.90 Å². The van der Waals surface area contributed by atoms with Crippen molar-refractivity contribution < 1.29 is 9.53 Å². The third-order valence-electron chi connectivity index (χ3n) is 5.21. The Bertz CT molecular complexity index is 615. The van der Waals surface area contributed by atoms with E-state index in [2.05, 4.69) is 16.7 Å². The Morgan fingerprint density at radius 1 is 1.29 bits per heavy atom. The Morgan fingerprint density at radius 2 is 2.14 bits per heavy atom. The maximum absolute atomic E-state index is 12.3. The Kier molecular flexibility index (Phi) is 3.01. The molecule has 108 valence electrons. The van der Waals surface area contributed by atoms with Gasteiger partial charge in [0.15, 0.2) is 0 Å². The predicted molar refractivity (Wildman–Crippen MR) is 79.4 cm³/mol. The predicted octanol–water partition coefficient (Wildman–Crippen LogP) is 2.07. The van der Waals surface area contributed by atoms with Crippen LogP contribution in [0.25, 0.3) is 0 Å². The highest BCUT2D eigenvalue weighted by Crippen LogP contribution is 2.49. The quantitative estimate of drug-likeness (QED) is 0.538. The van der Waals surface area contributed by atoms with Crippen LogP contribution in [0.5, 0.6) is 0 Å². The maximum Gasteiger partial charge on any atom is 0.314 e. The molecule has 3 nitrogen and oxygen atoms in total. The Balaban J connectivity index is 1.70. The lowest BCUT2D eigenvalue weighted by molar-refractivity contribution is -0.146. The van der Waals surface area contributed by atoms with E-state index in [0.717, 1.165) is 31.5 Å². The number of nitrogens with zero attached hydrogens (tertiary/aromatic N) is 1. The van der Waals surface area contributed by atoms with Gasteiger partial charge >= 0.3 is 5.97 Å². The van der Waals surface area contributed by atoms with E-state index in [1.807, 2.05) is 30.3 Å². The van der Waals surface area contributed by atoms with Gasteiger partial charge in [-0.2, -0.15) is 0 Å². The van der Waals surface area contributed by atoms with Gasteiger partial charge in [-0.3, -0.25) is 9.69 Å². The van der Waals surface area contributed by atoms with Crippen LogP contribution in [0, 0.1) is 23.2 Å². The Labute approximate surface area is 125 Å². The van der Waals surface area contributed by atoms with Crippen LogP contribution in [0.2, 0.25) is 0 Å². The number of esters is 1.